The summed E-state index contributed by atoms with van der Waals surface area (Å²) < 4.78 is 25.9. The molecule has 0 amide bonds. The predicted octanol–water partition coefficient (Wildman–Crippen LogP) is 4.47. The van der Waals surface area contributed by atoms with Crippen molar-refractivity contribution in [2.45, 2.75) is 58.5 Å². The van der Waals surface area contributed by atoms with Crippen molar-refractivity contribution in [1.82, 2.24) is 0 Å². The topological polar surface area (TPSA) is 20.2 Å². The highest BCUT2D eigenvalue weighted by Crippen LogP contribution is 2.20. The zero-order valence-corrected chi connectivity index (χ0v) is 11.8. The number of aliphatic hydroxyl groups is 1. The maximum atomic E-state index is 13.1. The minimum atomic E-state index is -0.845. The zero-order valence-electron chi connectivity index (χ0n) is 11.8. The van der Waals surface area contributed by atoms with Crippen LogP contribution in [0.1, 0.15) is 51.5 Å². The monoisotopic (exact) mass is 270 g/mol. The molecule has 1 aromatic carbocycles. The number of halogens is 2. The average molecular weight is 270 g/mol. The van der Waals surface area contributed by atoms with Crippen LogP contribution < -0.4 is 0 Å². The van der Waals surface area contributed by atoms with Crippen molar-refractivity contribution in [2.24, 2.45) is 5.92 Å². The molecule has 0 radical (unpaired) electrons. The molecule has 1 nitrogen and oxygen atoms in total. The Balaban J connectivity index is 2.48. The number of rotatable bonds is 8. The van der Waals surface area contributed by atoms with Gasteiger partial charge >= 0.3 is 0 Å². The van der Waals surface area contributed by atoms with Gasteiger partial charge in [-0.3, -0.25) is 0 Å². The van der Waals surface area contributed by atoms with Crippen LogP contribution in [0.5, 0.6) is 0 Å². The fourth-order valence-electron chi connectivity index (χ4n) is 2.39. The summed E-state index contributed by atoms with van der Waals surface area (Å²) in [5, 5.41) is 10.0. The Hall–Kier alpha value is -0.960. The van der Waals surface area contributed by atoms with Gasteiger partial charge in [0.1, 0.15) is 0 Å². The van der Waals surface area contributed by atoms with Gasteiger partial charge in [0.05, 0.1) is 6.10 Å². The van der Waals surface area contributed by atoms with Crippen LogP contribution in [0.4, 0.5) is 8.78 Å². The van der Waals surface area contributed by atoms with Crippen molar-refractivity contribution in [3.05, 3.63) is 35.4 Å². The van der Waals surface area contributed by atoms with Crippen molar-refractivity contribution >= 4 is 0 Å². The van der Waals surface area contributed by atoms with Crippen LogP contribution >= 0.6 is 0 Å². The van der Waals surface area contributed by atoms with Gasteiger partial charge in [-0.05, 0) is 36.5 Å². The number of hydrogen-bond acceptors (Lipinski definition) is 1. The van der Waals surface area contributed by atoms with Gasteiger partial charge in [0.2, 0.25) is 0 Å². The van der Waals surface area contributed by atoms with E-state index in [1.54, 1.807) is 0 Å². The number of benzene rings is 1. The van der Waals surface area contributed by atoms with E-state index in [4.69, 9.17) is 0 Å². The van der Waals surface area contributed by atoms with Gasteiger partial charge in [-0.1, -0.05) is 45.6 Å². The highest BCUT2D eigenvalue weighted by atomic mass is 19.2. The van der Waals surface area contributed by atoms with Crippen molar-refractivity contribution in [3.63, 3.8) is 0 Å². The first-order valence-electron chi connectivity index (χ1n) is 7.18. The SMILES string of the molecule is CCCCC(CC)CC(O)Cc1ccc(F)c(F)c1. The average Bonchev–Trinajstić information content (AvgIpc) is 2.38. The summed E-state index contributed by atoms with van der Waals surface area (Å²) in [6.07, 6.45) is 5.16. The van der Waals surface area contributed by atoms with Crippen molar-refractivity contribution in [3.8, 4) is 0 Å². The summed E-state index contributed by atoms with van der Waals surface area (Å²) in [5.41, 5.74) is 0.650. The molecule has 0 aliphatic rings. The van der Waals surface area contributed by atoms with Gasteiger partial charge in [0.25, 0.3) is 0 Å². The molecule has 0 aliphatic carbocycles. The molecule has 2 atom stereocenters. The standard InChI is InChI=1S/C16H24F2O/c1-3-5-6-12(4-2)9-14(19)10-13-7-8-15(17)16(18)11-13/h7-8,11-12,14,19H,3-6,9-10H2,1-2H3. The van der Waals surface area contributed by atoms with E-state index in [1.807, 2.05) is 0 Å². The Morgan fingerprint density at radius 2 is 1.89 bits per heavy atom. The van der Waals surface area contributed by atoms with Crippen LogP contribution in [0.15, 0.2) is 18.2 Å². The normalized spacial score (nSPS) is 14.4. The molecule has 1 N–H and O–H groups in total. The lowest BCUT2D eigenvalue weighted by molar-refractivity contribution is 0.137. The molecule has 0 saturated carbocycles. The molecule has 1 rings (SSSR count). The first-order chi connectivity index (χ1) is 9.06. The Morgan fingerprint density at radius 1 is 1.16 bits per heavy atom. The molecule has 19 heavy (non-hydrogen) atoms. The molecule has 2 unspecified atom stereocenters. The van der Waals surface area contributed by atoms with E-state index in [0.29, 0.717) is 17.9 Å². The second-order valence-electron chi connectivity index (χ2n) is 5.26. The number of aliphatic hydroxyl groups excluding tert-OH is 1. The molecule has 0 spiro atoms. The maximum Gasteiger partial charge on any atom is 0.159 e. The lowest BCUT2D eigenvalue weighted by Crippen LogP contribution is -2.16. The minimum absolute atomic E-state index is 0.389. The second kappa shape index (κ2) is 8.26. The maximum absolute atomic E-state index is 13.1. The fourth-order valence-corrected chi connectivity index (χ4v) is 2.39. The molecular formula is C16H24F2O. The summed E-state index contributed by atoms with van der Waals surface area (Å²) in [7, 11) is 0. The first-order valence-corrected chi connectivity index (χ1v) is 7.18. The van der Waals surface area contributed by atoms with Crippen LogP contribution in [0.25, 0.3) is 0 Å². The summed E-state index contributed by atoms with van der Waals surface area (Å²) in [6, 6.07) is 3.83. The van der Waals surface area contributed by atoms with E-state index in [0.717, 1.165) is 31.7 Å². The van der Waals surface area contributed by atoms with Crippen LogP contribution in [0, 0.1) is 17.6 Å². The van der Waals surface area contributed by atoms with E-state index >= 15 is 0 Å². The minimum Gasteiger partial charge on any atom is -0.393 e. The molecule has 0 bridgehead atoms. The van der Waals surface area contributed by atoms with E-state index in [1.165, 1.54) is 18.6 Å². The van der Waals surface area contributed by atoms with Gasteiger partial charge in [0, 0.05) is 0 Å². The highest BCUT2D eigenvalue weighted by molar-refractivity contribution is 5.18. The molecule has 108 valence electrons. The summed E-state index contributed by atoms with van der Waals surface area (Å²) >= 11 is 0. The zero-order chi connectivity index (χ0) is 14.3. The third-order valence-corrected chi connectivity index (χ3v) is 3.60. The largest absolute Gasteiger partial charge is 0.393 e. The third kappa shape index (κ3) is 5.68. The second-order valence-corrected chi connectivity index (χ2v) is 5.26. The van der Waals surface area contributed by atoms with Crippen molar-refractivity contribution in [2.75, 3.05) is 0 Å². The molecule has 0 aromatic heterocycles. The van der Waals surface area contributed by atoms with Gasteiger partial charge in [-0.15, -0.1) is 0 Å². The Morgan fingerprint density at radius 3 is 2.47 bits per heavy atom. The lowest BCUT2D eigenvalue weighted by atomic mass is 9.91. The quantitative estimate of drug-likeness (QED) is 0.738. The van der Waals surface area contributed by atoms with Gasteiger partial charge in [0.15, 0.2) is 11.6 Å². The van der Waals surface area contributed by atoms with E-state index in [-0.39, 0.29) is 0 Å². The lowest BCUT2D eigenvalue weighted by Gasteiger charge is -2.18. The predicted molar refractivity (Wildman–Crippen MR) is 74.0 cm³/mol. The van der Waals surface area contributed by atoms with Crippen molar-refractivity contribution in [1.29, 1.82) is 0 Å². The molecule has 1 aromatic rings. The molecule has 0 saturated heterocycles. The van der Waals surface area contributed by atoms with Gasteiger partial charge in [-0.25, -0.2) is 8.78 Å². The smallest absolute Gasteiger partial charge is 0.159 e. The van der Waals surface area contributed by atoms with E-state index in [2.05, 4.69) is 13.8 Å². The van der Waals surface area contributed by atoms with Crippen molar-refractivity contribution < 1.29 is 13.9 Å². The van der Waals surface area contributed by atoms with Crippen LogP contribution in [-0.2, 0) is 6.42 Å². The molecule has 0 heterocycles. The van der Waals surface area contributed by atoms with Crippen LogP contribution in [0.3, 0.4) is 0 Å². The molecular weight excluding hydrogens is 246 g/mol. The highest BCUT2D eigenvalue weighted by Gasteiger charge is 2.14. The molecule has 3 heteroatoms. The fraction of sp³-hybridized carbons (Fsp3) is 0.625. The third-order valence-electron chi connectivity index (χ3n) is 3.60. The van der Waals surface area contributed by atoms with Crippen LogP contribution in [-0.4, -0.2) is 11.2 Å². The van der Waals surface area contributed by atoms with E-state index < -0.39 is 17.7 Å². The Bertz CT molecular complexity index is 379. The van der Waals surface area contributed by atoms with Gasteiger partial charge < -0.3 is 5.11 Å². The number of unbranched alkanes of at least 4 members (excludes halogenated alkanes) is 1. The molecule has 0 fully saturated rings. The van der Waals surface area contributed by atoms with E-state index in [9.17, 15) is 13.9 Å². The summed E-state index contributed by atoms with van der Waals surface area (Å²) in [4.78, 5) is 0. The number of hydrogen-bond donors (Lipinski definition) is 1. The molecule has 0 aliphatic heterocycles. The Kier molecular flexibility index (Phi) is 7.00. The first kappa shape index (κ1) is 16.1. The van der Waals surface area contributed by atoms with Gasteiger partial charge in [-0.2, -0.15) is 0 Å². The Labute approximate surface area is 114 Å². The summed E-state index contributed by atoms with van der Waals surface area (Å²) in [5.74, 6) is -1.17. The summed E-state index contributed by atoms with van der Waals surface area (Å²) in [6.45, 7) is 4.29. The van der Waals surface area contributed by atoms with Crippen LogP contribution in [0.2, 0.25) is 0 Å².